The minimum atomic E-state index is 0.541. The van der Waals surface area contributed by atoms with Gasteiger partial charge in [-0.2, -0.15) is 0 Å². The third-order valence-corrected chi connectivity index (χ3v) is 4.76. The zero-order valence-electron chi connectivity index (χ0n) is 14.3. The summed E-state index contributed by atoms with van der Waals surface area (Å²) in [5.41, 5.74) is 3.44. The maximum atomic E-state index is 3.81. The summed E-state index contributed by atoms with van der Waals surface area (Å²) < 4.78 is 0. The maximum Gasteiger partial charge on any atom is 0.0230 e. The summed E-state index contributed by atoms with van der Waals surface area (Å²) in [5, 5.41) is 3.81. The third-order valence-electron chi connectivity index (χ3n) is 4.76. The Labute approximate surface area is 130 Å². The van der Waals surface area contributed by atoms with Crippen molar-refractivity contribution < 1.29 is 0 Å². The summed E-state index contributed by atoms with van der Waals surface area (Å²) in [6.07, 6.45) is 6.75. The third kappa shape index (κ3) is 5.44. The lowest BCUT2D eigenvalue weighted by molar-refractivity contribution is 0.309. The van der Waals surface area contributed by atoms with Gasteiger partial charge in [-0.25, -0.2) is 0 Å². The molecule has 1 aromatic carbocycles. The van der Waals surface area contributed by atoms with Crippen molar-refractivity contribution in [3.8, 4) is 0 Å². The van der Waals surface area contributed by atoms with Crippen LogP contribution in [0.15, 0.2) is 24.3 Å². The van der Waals surface area contributed by atoms with Gasteiger partial charge in [-0.1, -0.05) is 44.5 Å². The van der Waals surface area contributed by atoms with Gasteiger partial charge in [0.1, 0.15) is 0 Å². The van der Waals surface area contributed by atoms with Crippen LogP contribution in [0.4, 0.5) is 0 Å². The molecule has 0 heterocycles. The summed E-state index contributed by atoms with van der Waals surface area (Å²) in [6, 6.07) is 9.53. The molecule has 0 amide bonds. The van der Waals surface area contributed by atoms with E-state index in [9.17, 15) is 0 Å². The fourth-order valence-electron chi connectivity index (χ4n) is 3.34. The molecule has 1 saturated carbocycles. The van der Waals surface area contributed by atoms with Gasteiger partial charge in [0.25, 0.3) is 0 Å². The van der Waals surface area contributed by atoms with Crippen molar-refractivity contribution in [2.24, 2.45) is 5.41 Å². The van der Waals surface area contributed by atoms with Gasteiger partial charge in [0.2, 0.25) is 0 Å². The van der Waals surface area contributed by atoms with E-state index in [4.69, 9.17) is 0 Å². The van der Waals surface area contributed by atoms with Crippen LogP contribution in [0.2, 0.25) is 0 Å². The topological polar surface area (TPSA) is 15.3 Å². The van der Waals surface area contributed by atoms with Crippen LogP contribution in [0.5, 0.6) is 0 Å². The molecule has 0 saturated heterocycles. The molecular formula is C19H32N2. The van der Waals surface area contributed by atoms with Crippen LogP contribution in [0.3, 0.4) is 0 Å². The van der Waals surface area contributed by atoms with Crippen LogP contribution in [0.1, 0.15) is 57.1 Å². The lowest BCUT2D eigenvalue weighted by atomic mass is 9.85. The van der Waals surface area contributed by atoms with Crippen LogP contribution in [-0.2, 0) is 13.1 Å². The maximum absolute atomic E-state index is 3.81. The Bertz CT molecular complexity index is 437. The Kier molecular flexibility index (Phi) is 5.83. The number of nitrogens with zero attached hydrogens (tertiary/aromatic N) is 1. The molecule has 1 fully saturated rings. The van der Waals surface area contributed by atoms with Crippen LogP contribution >= 0.6 is 0 Å². The molecule has 1 atom stereocenters. The van der Waals surface area contributed by atoms with Crippen molar-refractivity contribution in [3.05, 3.63) is 35.4 Å². The second-order valence-electron chi connectivity index (χ2n) is 7.68. The number of hydrogen-bond acceptors (Lipinski definition) is 2. The van der Waals surface area contributed by atoms with Gasteiger partial charge < -0.3 is 10.2 Å². The van der Waals surface area contributed by atoms with Crippen LogP contribution in [0.25, 0.3) is 0 Å². The highest BCUT2D eigenvalue weighted by atomic mass is 15.0. The van der Waals surface area contributed by atoms with E-state index in [1.807, 2.05) is 0 Å². The van der Waals surface area contributed by atoms with E-state index in [0.717, 1.165) is 13.1 Å². The Balaban J connectivity index is 1.91. The molecule has 0 radical (unpaired) electrons. The van der Waals surface area contributed by atoms with Crippen molar-refractivity contribution in [2.75, 3.05) is 14.1 Å². The van der Waals surface area contributed by atoms with E-state index < -0.39 is 0 Å². The van der Waals surface area contributed by atoms with E-state index in [-0.39, 0.29) is 0 Å². The van der Waals surface area contributed by atoms with Crippen molar-refractivity contribution in [1.29, 1.82) is 0 Å². The quantitative estimate of drug-likeness (QED) is 0.817. The molecule has 0 aromatic heterocycles. The number of nitrogens with one attached hydrogen (secondary N) is 1. The SMILES string of the molecule is CN(C)Cc1ccccc1CNC1CCCC(C)(C)CC1. The molecule has 1 N–H and O–H groups in total. The first kappa shape index (κ1) is 16.5. The Morgan fingerprint density at radius 2 is 1.81 bits per heavy atom. The molecule has 2 nitrogen and oxygen atoms in total. The van der Waals surface area contributed by atoms with Crippen molar-refractivity contribution in [1.82, 2.24) is 10.2 Å². The summed E-state index contributed by atoms with van der Waals surface area (Å²) in [5.74, 6) is 0. The van der Waals surface area contributed by atoms with E-state index in [1.165, 1.54) is 43.2 Å². The van der Waals surface area contributed by atoms with Crippen LogP contribution in [-0.4, -0.2) is 25.0 Å². The minimum absolute atomic E-state index is 0.541. The van der Waals surface area contributed by atoms with Gasteiger partial charge in [0.15, 0.2) is 0 Å². The molecule has 0 bridgehead atoms. The molecule has 0 spiro atoms. The van der Waals surface area contributed by atoms with Crippen LogP contribution < -0.4 is 5.32 Å². The summed E-state index contributed by atoms with van der Waals surface area (Å²) in [4.78, 5) is 2.24. The standard InChI is InChI=1S/C19H32N2/c1-19(2)12-7-10-18(11-13-19)20-14-16-8-5-6-9-17(16)15-21(3)4/h5-6,8-9,18,20H,7,10-15H2,1-4H3. The molecule has 2 rings (SSSR count). The molecular weight excluding hydrogens is 256 g/mol. The highest BCUT2D eigenvalue weighted by molar-refractivity contribution is 5.27. The zero-order chi connectivity index (χ0) is 15.3. The number of hydrogen-bond donors (Lipinski definition) is 1. The van der Waals surface area contributed by atoms with Gasteiger partial charge in [-0.15, -0.1) is 0 Å². The Morgan fingerprint density at radius 1 is 1.10 bits per heavy atom. The van der Waals surface area contributed by atoms with Crippen molar-refractivity contribution in [2.45, 2.75) is 65.1 Å². The highest BCUT2D eigenvalue weighted by Crippen LogP contribution is 2.33. The van der Waals surface area contributed by atoms with Crippen LogP contribution in [0, 0.1) is 5.41 Å². The second kappa shape index (κ2) is 7.42. The Morgan fingerprint density at radius 3 is 2.52 bits per heavy atom. The zero-order valence-corrected chi connectivity index (χ0v) is 14.3. The van der Waals surface area contributed by atoms with E-state index in [0.29, 0.717) is 11.5 Å². The average molecular weight is 288 g/mol. The van der Waals surface area contributed by atoms with Crippen molar-refractivity contribution in [3.63, 3.8) is 0 Å². The largest absolute Gasteiger partial charge is 0.310 e. The molecule has 2 heteroatoms. The smallest absolute Gasteiger partial charge is 0.0230 e. The van der Waals surface area contributed by atoms with E-state index in [2.05, 4.69) is 62.4 Å². The molecule has 1 aromatic rings. The van der Waals surface area contributed by atoms with Gasteiger partial charge in [0.05, 0.1) is 0 Å². The summed E-state index contributed by atoms with van der Waals surface area (Å²) in [6.45, 7) is 6.87. The molecule has 1 aliphatic rings. The first-order chi connectivity index (χ1) is 9.96. The minimum Gasteiger partial charge on any atom is -0.310 e. The lowest BCUT2D eigenvalue weighted by Gasteiger charge is -2.22. The van der Waals surface area contributed by atoms with Crippen molar-refractivity contribution >= 4 is 0 Å². The van der Waals surface area contributed by atoms with E-state index >= 15 is 0 Å². The fraction of sp³-hybridized carbons (Fsp3) is 0.684. The predicted molar refractivity (Wildman–Crippen MR) is 91.3 cm³/mol. The highest BCUT2D eigenvalue weighted by Gasteiger charge is 2.24. The molecule has 0 aliphatic heterocycles. The summed E-state index contributed by atoms with van der Waals surface area (Å²) >= 11 is 0. The summed E-state index contributed by atoms with van der Waals surface area (Å²) in [7, 11) is 4.27. The monoisotopic (exact) mass is 288 g/mol. The predicted octanol–water partition coefficient (Wildman–Crippen LogP) is 4.20. The van der Waals surface area contributed by atoms with Gasteiger partial charge in [-0.3, -0.25) is 0 Å². The van der Waals surface area contributed by atoms with Gasteiger partial charge >= 0.3 is 0 Å². The Hall–Kier alpha value is -0.860. The second-order valence-corrected chi connectivity index (χ2v) is 7.68. The van der Waals surface area contributed by atoms with Gasteiger partial charge in [0, 0.05) is 19.1 Å². The fourth-order valence-corrected chi connectivity index (χ4v) is 3.34. The first-order valence-electron chi connectivity index (χ1n) is 8.41. The number of rotatable bonds is 5. The normalized spacial score (nSPS) is 22.2. The number of benzene rings is 1. The average Bonchev–Trinajstić information content (AvgIpc) is 2.58. The molecule has 21 heavy (non-hydrogen) atoms. The van der Waals surface area contributed by atoms with Gasteiger partial charge in [-0.05, 0) is 56.3 Å². The molecule has 1 unspecified atom stereocenters. The first-order valence-corrected chi connectivity index (χ1v) is 8.41. The van der Waals surface area contributed by atoms with E-state index in [1.54, 1.807) is 0 Å². The molecule has 118 valence electrons. The molecule has 1 aliphatic carbocycles. The lowest BCUT2D eigenvalue weighted by Crippen LogP contribution is -2.29.